The first-order valence-electron chi connectivity index (χ1n) is 5.42. The van der Waals surface area contributed by atoms with Crippen molar-refractivity contribution < 1.29 is 22.8 Å². The lowest BCUT2D eigenvalue weighted by atomic mass is 10.00. The Bertz CT molecular complexity index is 281. The molecule has 1 unspecified atom stereocenters. The minimum atomic E-state index is -4.39. The van der Waals surface area contributed by atoms with E-state index in [4.69, 9.17) is 0 Å². The summed E-state index contributed by atoms with van der Waals surface area (Å²) in [6, 6.07) is 0. The molecule has 0 aromatic carbocycles. The fourth-order valence-corrected chi connectivity index (χ4v) is 1.80. The molecule has 1 aliphatic heterocycles. The number of hydrogen-bond acceptors (Lipinski definition) is 3. The highest BCUT2D eigenvalue weighted by atomic mass is 19.4. The van der Waals surface area contributed by atoms with E-state index >= 15 is 0 Å². The van der Waals surface area contributed by atoms with Crippen LogP contribution in [0, 0.1) is 5.92 Å². The Kier molecular flexibility index (Phi) is 4.92. The van der Waals surface area contributed by atoms with Gasteiger partial charge in [0, 0.05) is 12.5 Å². The van der Waals surface area contributed by atoms with Gasteiger partial charge in [0.1, 0.15) is 12.8 Å². The summed E-state index contributed by atoms with van der Waals surface area (Å²) < 4.78 is 35.5. The second kappa shape index (κ2) is 6.00. The molecule has 0 spiro atoms. The van der Waals surface area contributed by atoms with Crippen molar-refractivity contribution in [2.45, 2.75) is 19.0 Å². The summed E-state index contributed by atoms with van der Waals surface area (Å²) in [5, 5.41) is 1.81. The Morgan fingerprint density at radius 3 is 2.76 bits per heavy atom. The molecule has 0 aliphatic carbocycles. The highest BCUT2D eigenvalue weighted by Crippen LogP contribution is 2.14. The van der Waals surface area contributed by atoms with Crippen molar-refractivity contribution in [3.05, 3.63) is 0 Å². The van der Waals surface area contributed by atoms with Gasteiger partial charge in [0.2, 0.25) is 5.91 Å². The van der Waals surface area contributed by atoms with Crippen LogP contribution in [0.4, 0.5) is 13.2 Å². The largest absolute Gasteiger partial charge is 0.405 e. The number of halogens is 3. The maximum Gasteiger partial charge on any atom is 0.405 e. The fourth-order valence-electron chi connectivity index (χ4n) is 1.80. The predicted molar refractivity (Wildman–Crippen MR) is 54.3 cm³/mol. The van der Waals surface area contributed by atoms with Gasteiger partial charge in [0.25, 0.3) is 0 Å². The van der Waals surface area contributed by atoms with Gasteiger partial charge in [-0.05, 0) is 19.4 Å². The molecule has 4 nitrogen and oxygen atoms in total. The van der Waals surface area contributed by atoms with Crippen molar-refractivity contribution in [2.75, 3.05) is 26.2 Å². The van der Waals surface area contributed by atoms with Crippen molar-refractivity contribution in [2.24, 2.45) is 5.92 Å². The number of rotatable bonds is 4. The van der Waals surface area contributed by atoms with Crippen LogP contribution in [0.15, 0.2) is 0 Å². The van der Waals surface area contributed by atoms with Gasteiger partial charge in [-0.15, -0.1) is 0 Å². The second-order valence-corrected chi connectivity index (χ2v) is 4.17. The van der Waals surface area contributed by atoms with E-state index in [-0.39, 0.29) is 12.5 Å². The van der Waals surface area contributed by atoms with Crippen LogP contribution < -0.4 is 5.32 Å². The number of nitrogens with one attached hydrogen (secondary N) is 1. The molecule has 1 heterocycles. The van der Waals surface area contributed by atoms with Gasteiger partial charge >= 0.3 is 6.18 Å². The Hall–Kier alpha value is -1.11. The lowest BCUT2D eigenvalue weighted by Gasteiger charge is -2.29. The van der Waals surface area contributed by atoms with Crippen molar-refractivity contribution in [3.63, 3.8) is 0 Å². The average Bonchev–Trinajstić information content (AvgIpc) is 2.26. The molecule has 1 atom stereocenters. The van der Waals surface area contributed by atoms with Gasteiger partial charge in [0.05, 0.1) is 6.54 Å². The smallest absolute Gasteiger partial charge is 0.346 e. The summed E-state index contributed by atoms with van der Waals surface area (Å²) >= 11 is 0. The number of likely N-dealkylation sites (tertiary alicyclic amines) is 1. The van der Waals surface area contributed by atoms with Gasteiger partial charge in [-0.3, -0.25) is 9.69 Å². The van der Waals surface area contributed by atoms with Crippen molar-refractivity contribution in [1.29, 1.82) is 0 Å². The lowest BCUT2D eigenvalue weighted by Crippen LogP contribution is -2.44. The first-order chi connectivity index (χ1) is 7.90. The molecule has 1 N–H and O–H groups in total. The first-order valence-corrected chi connectivity index (χ1v) is 5.42. The first kappa shape index (κ1) is 14.0. The molecule has 17 heavy (non-hydrogen) atoms. The molecule has 0 bridgehead atoms. The van der Waals surface area contributed by atoms with E-state index in [1.165, 1.54) is 0 Å². The molecule has 1 rings (SSSR count). The number of hydrogen-bond donors (Lipinski definition) is 1. The van der Waals surface area contributed by atoms with Crippen LogP contribution in [0.2, 0.25) is 0 Å². The number of carbonyl (C=O) groups excluding carboxylic acids is 2. The zero-order valence-electron chi connectivity index (χ0n) is 9.29. The maximum atomic E-state index is 11.8. The van der Waals surface area contributed by atoms with Gasteiger partial charge in [-0.25, -0.2) is 0 Å². The summed E-state index contributed by atoms with van der Waals surface area (Å²) in [5.41, 5.74) is 0. The highest BCUT2D eigenvalue weighted by Gasteiger charge is 2.28. The van der Waals surface area contributed by atoms with Crippen LogP contribution in [-0.4, -0.2) is 49.4 Å². The van der Waals surface area contributed by atoms with Crippen LogP contribution in [0.25, 0.3) is 0 Å². The van der Waals surface area contributed by atoms with Crippen LogP contribution in [-0.2, 0) is 9.59 Å². The molecule has 0 aromatic heterocycles. The van der Waals surface area contributed by atoms with E-state index in [0.717, 1.165) is 19.1 Å². The number of piperidine rings is 1. The molecule has 1 saturated heterocycles. The third kappa shape index (κ3) is 5.67. The molecule has 1 aliphatic rings. The third-order valence-electron chi connectivity index (χ3n) is 2.59. The van der Waals surface area contributed by atoms with E-state index in [1.807, 2.05) is 5.32 Å². The van der Waals surface area contributed by atoms with Crippen molar-refractivity contribution in [1.82, 2.24) is 10.2 Å². The number of aldehydes is 1. The summed E-state index contributed by atoms with van der Waals surface area (Å²) in [6.07, 6.45) is -1.98. The standard InChI is InChI=1S/C10H15F3N2O2/c11-10(12,13)7-14-9(17)5-15-3-1-2-8(4-15)6-16/h6,8H,1-5,7H2,(H,14,17). The van der Waals surface area contributed by atoms with Gasteiger partial charge in [-0.2, -0.15) is 13.2 Å². The molecule has 7 heteroatoms. The summed E-state index contributed by atoms with van der Waals surface area (Å²) in [7, 11) is 0. The Labute approximate surface area is 97.1 Å². The number of amides is 1. The summed E-state index contributed by atoms with van der Waals surface area (Å²) in [5.74, 6) is -0.770. The second-order valence-electron chi connectivity index (χ2n) is 4.17. The predicted octanol–water partition coefficient (Wildman–Crippen LogP) is 0.576. The molecule has 0 aromatic rings. The molecule has 0 radical (unpaired) electrons. The molecular formula is C10H15F3N2O2. The molecule has 1 amide bonds. The number of carbonyl (C=O) groups is 2. The fraction of sp³-hybridized carbons (Fsp3) is 0.800. The Balaban J connectivity index is 2.28. The van der Waals surface area contributed by atoms with E-state index < -0.39 is 18.6 Å². The molecule has 1 fully saturated rings. The summed E-state index contributed by atoms with van der Waals surface area (Å²) in [6.45, 7) is -0.302. The topological polar surface area (TPSA) is 49.4 Å². The van der Waals surface area contributed by atoms with Gasteiger partial charge < -0.3 is 10.1 Å². The van der Waals surface area contributed by atoms with Crippen molar-refractivity contribution >= 4 is 12.2 Å². The number of alkyl halides is 3. The quantitative estimate of drug-likeness (QED) is 0.744. The zero-order valence-corrected chi connectivity index (χ0v) is 9.29. The molecule has 98 valence electrons. The minimum absolute atomic E-state index is 0.0829. The highest BCUT2D eigenvalue weighted by molar-refractivity contribution is 5.78. The number of nitrogens with zero attached hydrogens (tertiary/aromatic N) is 1. The van der Waals surface area contributed by atoms with Crippen LogP contribution in [0.3, 0.4) is 0 Å². The van der Waals surface area contributed by atoms with Gasteiger partial charge in [0.15, 0.2) is 0 Å². The maximum absolute atomic E-state index is 11.8. The van der Waals surface area contributed by atoms with E-state index in [0.29, 0.717) is 13.1 Å². The molecule has 0 saturated carbocycles. The third-order valence-corrected chi connectivity index (χ3v) is 2.59. The lowest BCUT2D eigenvalue weighted by molar-refractivity contribution is -0.139. The van der Waals surface area contributed by atoms with E-state index in [2.05, 4.69) is 0 Å². The van der Waals surface area contributed by atoms with Crippen LogP contribution >= 0.6 is 0 Å². The van der Waals surface area contributed by atoms with Crippen LogP contribution in [0.5, 0.6) is 0 Å². The molecular weight excluding hydrogens is 237 g/mol. The van der Waals surface area contributed by atoms with E-state index in [1.54, 1.807) is 4.90 Å². The average molecular weight is 252 g/mol. The normalized spacial score (nSPS) is 22.2. The summed E-state index contributed by atoms with van der Waals surface area (Å²) in [4.78, 5) is 23.5. The Morgan fingerprint density at radius 2 is 2.18 bits per heavy atom. The van der Waals surface area contributed by atoms with Gasteiger partial charge in [-0.1, -0.05) is 0 Å². The minimum Gasteiger partial charge on any atom is -0.346 e. The van der Waals surface area contributed by atoms with Crippen molar-refractivity contribution in [3.8, 4) is 0 Å². The van der Waals surface area contributed by atoms with Crippen LogP contribution in [0.1, 0.15) is 12.8 Å². The Morgan fingerprint density at radius 1 is 1.47 bits per heavy atom. The zero-order chi connectivity index (χ0) is 12.9. The SMILES string of the molecule is O=CC1CCCN(CC(=O)NCC(F)(F)F)C1. The monoisotopic (exact) mass is 252 g/mol. The van der Waals surface area contributed by atoms with E-state index in [9.17, 15) is 22.8 Å².